The molecule has 0 saturated carbocycles. The Kier molecular flexibility index (Phi) is 4.33. The number of hydrogen-bond acceptors (Lipinski definition) is 5. The quantitative estimate of drug-likeness (QED) is 0.449. The van der Waals surface area contributed by atoms with Crippen molar-refractivity contribution >= 4 is 38.4 Å². The molecule has 1 aliphatic carbocycles. The lowest BCUT2D eigenvalue weighted by Gasteiger charge is -2.07. The van der Waals surface area contributed by atoms with E-state index >= 15 is 0 Å². The second-order valence-electron chi connectivity index (χ2n) is 6.91. The second-order valence-corrected chi connectivity index (χ2v) is 7.95. The van der Waals surface area contributed by atoms with Crippen LogP contribution in [0.15, 0.2) is 71.8 Å². The number of aromatic carboxylic acids is 1. The molecule has 142 valence electrons. The third kappa shape index (κ3) is 3.39. The molecule has 5 nitrogen and oxygen atoms in total. The highest BCUT2D eigenvalue weighted by atomic mass is 32.1. The Bertz CT molecular complexity index is 1240. The van der Waals surface area contributed by atoms with E-state index in [1.165, 1.54) is 5.56 Å². The predicted octanol–water partition coefficient (Wildman–Crippen LogP) is 5.42. The zero-order valence-electron chi connectivity index (χ0n) is 15.4. The maximum absolute atomic E-state index is 11.3. The van der Waals surface area contributed by atoms with Crippen LogP contribution in [0.2, 0.25) is 0 Å². The lowest BCUT2D eigenvalue weighted by atomic mass is 9.99. The number of carboxylic acid groups (broad SMARTS) is 1. The molecule has 3 aromatic carbocycles. The Morgan fingerprint density at radius 1 is 1.00 bits per heavy atom. The van der Waals surface area contributed by atoms with Crippen LogP contribution in [0.25, 0.3) is 21.3 Å². The molecule has 0 spiro atoms. The van der Waals surface area contributed by atoms with E-state index in [1.807, 2.05) is 36.4 Å². The first-order valence-electron chi connectivity index (χ1n) is 9.32. The third-order valence-electron chi connectivity index (χ3n) is 5.08. The van der Waals surface area contributed by atoms with Crippen LogP contribution in [-0.2, 0) is 6.42 Å². The number of thiazole rings is 1. The summed E-state index contributed by atoms with van der Waals surface area (Å²) in [5.74, 6) is -0.921. The number of nitrogens with zero attached hydrogens (tertiary/aromatic N) is 2. The Morgan fingerprint density at radius 3 is 2.72 bits per heavy atom. The molecule has 0 radical (unpaired) electrons. The van der Waals surface area contributed by atoms with Gasteiger partial charge in [-0.15, -0.1) is 0 Å². The van der Waals surface area contributed by atoms with Crippen LogP contribution in [0.3, 0.4) is 0 Å². The van der Waals surface area contributed by atoms with E-state index < -0.39 is 5.97 Å². The van der Waals surface area contributed by atoms with Crippen molar-refractivity contribution in [2.24, 2.45) is 5.10 Å². The Labute approximate surface area is 171 Å². The molecule has 0 atom stereocenters. The van der Waals surface area contributed by atoms with Crippen molar-refractivity contribution in [3.63, 3.8) is 0 Å². The summed E-state index contributed by atoms with van der Waals surface area (Å²) < 4.78 is 1.13. The van der Waals surface area contributed by atoms with E-state index in [0.717, 1.165) is 50.6 Å². The number of anilines is 1. The van der Waals surface area contributed by atoms with Crippen LogP contribution in [0.1, 0.15) is 27.9 Å². The third-order valence-corrected chi connectivity index (χ3v) is 6.02. The van der Waals surface area contributed by atoms with Gasteiger partial charge in [0.05, 0.1) is 21.5 Å². The second kappa shape index (κ2) is 7.14. The van der Waals surface area contributed by atoms with E-state index in [-0.39, 0.29) is 5.56 Å². The topological polar surface area (TPSA) is 74.6 Å². The molecule has 0 amide bonds. The molecule has 1 aliphatic rings. The summed E-state index contributed by atoms with van der Waals surface area (Å²) in [6.45, 7) is 0. The van der Waals surface area contributed by atoms with Crippen molar-refractivity contribution in [3.8, 4) is 11.1 Å². The average Bonchev–Trinajstić information content (AvgIpc) is 3.35. The molecule has 1 aromatic heterocycles. The fourth-order valence-electron chi connectivity index (χ4n) is 3.61. The lowest BCUT2D eigenvalue weighted by molar-refractivity contribution is 0.0697. The van der Waals surface area contributed by atoms with E-state index in [9.17, 15) is 9.90 Å². The summed E-state index contributed by atoms with van der Waals surface area (Å²) >= 11 is 1.58. The van der Waals surface area contributed by atoms with Gasteiger partial charge in [0, 0.05) is 5.56 Å². The van der Waals surface area contributed by atoms with Crippen molar-refractivity contribution < 1.29 is 9.90 Å². The van der Waals surface area contributed by atoms with Crippen molar-refractivity contribution in [2.45, 2.75) is 12.8 Å². The number of fused-ring (bicyclic) bond motifs is 2. The first-order valence-corrected chi connectivity index (χ1v) is 10.1. The van der Waals surface area contributed by atoms with Gasteiger partial charge in [-0.1, -0.05) is 47.7 Å². The minimum atomic E-state index is -0.921. The first-order chi connectivity index (χ1) is 14.2. The molecule has 6 heteroatoms. The molecule has 29 heavy (non-hydrogen) atoms. The van der Waals surface area contributed by atoms with Gasteiger partial charge in [0.15, 0.2) is 0 Å². The first kappa shape index (κ1) is 17.6. The average molecular weight is 399 g/mol. The fourth-order valence-corrected chi connectivity index (χ4v) is 4.42. The monoisotopic (exact) mass is 399 g/mol. The number of para-hydroxylation sites is 1. The highest BCUT2D eigenvalue weighted by Gasteiger charge is 2.19. The number of nitrogens with one attached hydrogen (secondary N) is 1. The van der Waals surface area contributed by atoms with E-state index in [4.69, 9.17) is 0 Å². The summed E-state index contributed by atoms with van der Waals surface area (Å²) in [6, 6.07) is 21.3. The molecule has 0 unspecified atom stereocenters. The predicted molar refractivity (Wildman–Crippen MR) is 117 cm³/mol. The molecule has 5 rings (SSSR count). The molecule has 4 aromatic rings. The minimum Gasteiger partial charge on any atom is -0.478 e. The number of aromatic nitrogens is 1. The zero-order chi connectivity index (χ0) is 19.8. The van der Waals surface area contributed by atoms with Crippen LogP contribution >= 0.6 is 11.3 Å². The van der Waals surface area contributed by atoms with Crippen LogP contribution in [0.4, 0.5) is 5.13 Å². The molecule has 2 N–H and O–H groups in total. The molecule has 0 saturated heterocycles. The van der Waals surface area contributed by atoms with Gasteiger partial charge in [-0.25, -0.2) is 9.78 Å². The molecule has 0 bridgehead atoms. The van der Waals surface area contributed by atoms with Gasteiger partial charge in [0.25, 0.3) is 0 Å². The number of aryl methyl sites for hydroxylation is 1. The molecule has 0 fully saturated rings. The normalized spacial score (nSPS) is 14.3. The van der Waals surface area contributed by atoms with Crippen molar-refractivity contribution in [2.75, 3.05) is 5.43 Å². The largest absolute Gasteiger partial charge is 0.478 e. The van der Waals surface area contributed by atoms with Gasteiger partial charge < -0.3 is 5.11 Å². The number of carboxylic acids is 1. The summed E-state index contributed by atoms with van der Waals surface area (Å²) in [5.41, 5.74) is 9.61. The highest BCUT2D eigenvalue weighted by Crippen LogP contribution is 2.30. The summed E-state index contributed by atoms with van der Waals surface area (Å²) in [4.78, 5) is 15.8. The molecular formula is C23H17N3O2S. The van der Waals surface area contributed by atoms with E-state index in [2.05, 4.69) is 27.6 Å². The Hall–Kier alpha value is -3.51. The van der Waals surface area contributed by atoms with Crippen molar-refractivity contribution in [1.82, 2.24) is 4.98 Å². The van der Waals surface area contributed by atoms with Crippen LogP contribution < -0.4 is 5.43 Å². The summed E-state index contributed by atoms with van der Waals surface area (Å²) in [5, 5.41) is 14.7. The standard InChI is InChI=1S/C23H17N3O2S/c27-22(28)17-5-3-4-15(12-17)16-9-8-14-10-11-19(18(14)13-16)25-26-23-24-20-6-1-2-7-21(20)29-23/h1-9,12-13H,10-11H2,(H,24,26)(H,27,28)/b25-19-. The highest BCUT2D eigenvalue weighted by molar-refractivity contribution is 7.22. The molecule has 1 heterocycles. The number of benzene rings is 3. The van der Waals surface area contributed by atoms with E-state index in [1.54, 1.807) is 29.5 Å². The minimum absolute atomic E-state index is 0.286. The molecular weight excluding hydrogens is 382 g/mol. The number of hydrogen-bond donors (Lipinski definition) is 2. The van der Waals surface area contributed by atoms with Gasteiger partial charge in [-0.3, -0.25) is 5.43 Å². The number of hydrazone groups is 1. The molecule has 0 aliphatic heterocycles. The van der Waals surface area contributed by atoms with Gasteiger partial charge >= 0.3 is 5.97 Å². The van der Waals surface area contributed by atoms with Gasteiger partial charge in [-0.05, 0) is 59.9 Å². The zero-order valence-corrected chi connectivity index (χ0v) is 16.2. The van der Waals surface area contributed by atoms with E-state index in [0.29, 0.717) is 0 Å². The van der Waals surface area contributed by atoms with Crippen molar-refractivity contribution in [1.29, 1.82) is 0 Å². The van der Waals surface area contributed by atoms with Crippen LogP contribution in [0, 0.1) is 0 Å². The Morgan fingerprint density at radius 2 is 1.86 bits per heavy atom. The Balaban J connectivity index is 1.45. The summed E-state index contributed by atoms with van der Waals surface area (Å²) in [6.07, 6.45) is 1.82. The van der Waals surface area contributed by atoms with Gasteiger partial charge in [0.2, 0.25) is 5.13 Å². The number of carbonyl (C=O) groups is 1. The summed E-state index contributed by atoms with van der Waals surface area (Å²) in [7, 11) is 0. The fraction of sp³-hybridized carbons (Fsp3) is 0.0870. The number of rotatable bonds is 4. The lowest BCUT2D eigenvalue weighted by Crippen LogP contribution is -2.00. The maximum atomic E-state index is 11.3. The van der Waals surface area contributed by atoms with Crippen LogP contribution in [-0.4, -0.2) is 21.8 Å². The smallest absolute Gasteiger partial charge is 0.335 e. The van der Waals surface area contributed by atoms with Gasteiger partial charge in [-0.2, -0.15) is 5.10 Å². The van der Waals surface area contributed by atoms with Crippen molar-refractivity contribution in [3.05, 3.63) is 83.4 Å². The maximum Gasteiger partial charge on any atom is 0.335 e. The SMILES string of the molecule is O=C(O)c1cccc(-c2ccc3c(c2)/C(=N\Nc2nc4ccccc4s2)CC3)c1. The van der Waals surface area contributed by atoms with Gasteiger partial charge in [0.1, 0.15) is 0 Å². The van der Waals surface area contributed by atoms with Crippen LogP contribution in [0.5, 0.6) is 0 Å².